The molecule has 0 saturated heterocycles. The van der Waals surface area contributed by atoms with Gasteiger partial charge in [0.2, 0.25) is 0 Å². The normalized spacial score (nSPS) is 12.5. The Balaban J connectivity index is 4.15. The largest absolute Gasteiger partial charge is 0.462 e. The summed E-state index contributed by atoms with van der Waals surface area (Å²) >= 11 is 0. The van der Waals surface area contributed by atoms with Gasteiger partial charge in [0.25, 0.3) is 0 Å². The van der Waals surface area contributed by atoms with E-state index in [0.717, 1.165) is 103 Å². The highest BCUT2D eigenvalue weighted by Gasteiger charge is 2.19. The first-order valence-corrected chi connectivity index (χ1v) is 35.4. The van der Waals surface area contributed by atoms with Gasteiger partial charge in [-0.25, -0.2) is 0 Å². The third-order valence-corrected chi connectivity index (χ3v) is 15.7. The van der Waals surface area contributed by atoms with Crippen LogP contribution in [0.5, 0.6) is 0 Å². The number of hydrogen-bond acceptors (Lipinski definition) is 6. The Morgan fingerprint density at radius 2 is 0.506 bits per heavy atom. The average molecular weight is 1130 g/mol. The van der Waals surface area contributed by atoms with Crippen LogP contribution in [-0.2, 0) is 28.6 Å². The third-order valence-electron chi connectivity index (χ3n) is 15.7. The summed E-state index contributed by atoms with van der Waals surface area (Å²) < 4.78 is 16.9. The molecule has 0 aliphatic rings. The summed E-state index contributed by atoms with van der Waals surface area (Å²) in [5, 5.41) is 0. The minimum atomic E-state index is -0.777. The van der Waals surface area contributed by atoms with E-state index < -0.39 is 6.10 Å². The molecule has 0 aromatic heterocycles. The lowest BCUT2D eigenvalue weighted by Gasteiger charge is -2.18. The maximum atomic E-state index is 12.9. The molecular weight excluding hydrogens is 997 g/mol. The molecule has 0 aliphatic heterocycles. The van der Waals surface area contributed by atoms with Crippen molar-refractivity contribution in [2.75, 3.05) is 13.2 Å². The summed E-state index contributed by atoms with van der Waals surface area (Å²) in [6.07, 6.45) is 90.9. The Morgan fingerprint density at radius 3 is 0.815 bits per heavy atom. The number of esters is 3. The number of hydrogen-bond donors (Lipinski definition) is 0. The van der Waals surface area contributed by atoms with Crippen LogP contribution in [-0.4, -0.2) is 37.2 Å². The maximum Gasteiger partial charge on any atom is 0.306 e. The summed E-state index contributed by atoms with van der Waals surface area (Å²) in [4.78, 5) is 38.3. The zero-order chi connectivity index (χ0) is 58.5. The van der Waals surface area contributed by atoms with Gasteiger partial charge in [0.15, 0.2) is 6.10 Å². The zero-order valence-corrected chi connectivity index (χ0v) is 54.1. The summed E-state index contributed by atoms with van der Waals surface area (Å²) in [6.45, 7) is 6.51. The predicted molar refractivity (Wildman–Crippen MR) is 353 cm³/mol. The van der Waals surface area contributed by atoms with Crippen molar-refractivity contribution in [1.29, 1.82) is 0 Å². The highest BCUT2D eigenvalue weighted by atomic mass is 16.6. The van der Waals surface area contributed by atoms with E-state index in [1.807, 2.05) is 0 Å². The molecule has 0 amide bonds. The first-order chi connectivity index (χ1) is 40.0. The lowest BCUT2D eigenvalue weighted by molar-refractivity contribution is -0.167. The predicted octanol–water partition coefficient (Wildman–Crippen LogP) is 24.4. The van der Waals surface area contributed by atoms with Gasteiger partial charge in [-0.05, 0) is 83.5 Å². The van der Waals surface area contributed by atoms with Crippen LogP contribution in [0.3, 0.4) is 0 Å². The fourth-order valence-electron chi connectivity index (χ4n) is 10.4. The van der Waals surface area contributed by atoms with Crippen LogP contribution < -0.4 is 0 Å². The molecule has 0 heterocycles. The monoisotopic (exact) mass is 1130 g/mol. The van der Waals surface area contributed by atoms with Crippen LogP contribution in [0.15, 0.2) is 72.9 Å². The quantitative estimate of drug-likeness (QED) is 0.0261. The zero-order valence-electron chi connectivity index (χ0n) is 54.1. The van der Waals surface area contributed by atoms with Crippen molar-refractivity contribution in [1.82, 2.24) is 0 Å². The van der Waals surface area contributed by atoms with Gasteiger partial charge >= 0.3 is 17.9 Å². The second-order valence-corrected chi connectivity index (χ2v) is 23.8. The van der Waals surface area contributed by atoms with Crippen molar-refractivity contribution in [3.05, 3.63) is 72.9 Å². The molecule has 6 nitrogen and oxygen atoms in total. The Kier molecular flexibility index (Phi) is 66.6. The third kappa shape index (κ3) is 67.5. The van der Waals surface area contributed by atoms with Crippen molar-refractivity contribution in [2.45, 2.75) is 374 Å². The molecule has 0 saturated carbocycles. The molecule has 0 fully saturated rings. The molecule has 0 aliphatic carbocycles. The van der Waals surface area contributed by atoms with Gasteiger partial charge in [-0.3, -0.25) is 14.4 Å². The Labute approximate surface area is 503 Å². The summed E-state index contributed by atoms with van der Waals surface area (Å²) in [7, 11) is 0. The highest BCUT2D eigenvalue weighted by molar-refractivity contribution is 5.71. The molecule has 0 aromatic carbocycles. The highest BCUT2D eigenvalue weighted by Crippen LogP contribution is 2.18. The van der Waals surface area contributed by atoms with E-state index in [-0.39, 0.29) is 31.1 Å². The number of rotatable bonds is 65. The molecule has 1 atom stereocenters. The van der Waals surface area contributed by atoms with Crippen LogP contribution in [0.4, 0.5) is 0 Å². The van der Waals surface area contributed by atoms with Crippen LogP contribution in [0, 0.1) is 0 Å². The molecule has 0 bridgehead atoms. The second-order valence-electron chi connectivity index (χ2n) is 23.8. The van der Waals surface area contributed by atoms with E-state index in [2.05, 4.69) is 93.7 Å². The molecule has 6 heteroatoms. The number of unbranched alkanes of at least 4 members (excludes halogenated alkanes) is 42. The minimum Gasteiger partial charge on any atom is -0.462 e. The first-order valence-electron chi connectivity index (χ1n) is 35.4. The van der Waals surface area contributed by atoms with Crippen LogP contribution >= 0.6 is 0 Å². The van der Waals surface area contributed by atoms with Crippen LogP contribution in [0.25, 0.3) is 0 Å². The minimum absolute atomic E-state index is 0.0743. The van der Waals surface area contributed by atoms with Crippen molar-refractivity contribution in [3.63, 3.8) is 0 Å². The van der Waals surface area contributed by atoms with Gasteiger partial charge in [-0.1, -0.05) is 338 Å². The van der Waals surface area contributed by atoms with Gasteiger partial charge in [0.1, 0.15) is 13.2 Å². The van der Waals surface area contributed by atoms with Crippen molar-refractivity contribution < 1.29 is 28.6 Å². The van der Waals surface area contributed by atoms with Crippen molar-refractivity contribution in [2.24, 2.45) is 0 Å². The maximum absolute atomic E-state index is 12.9. The number of carbonyl (C=O) groups is 3. The molecule has 0 N–H and O–H groups in total. The Hall–Kier alpha value is -3.15. The first kappa shape index (κ1) is 77.9. The van der Waals surface area contributed by atoms with Gasteiger partial charge < -0.3 is 14.2 Å². The molecule has 0 aromatic rings. The van der Waals surface area contributed by atoms with Gasteiger partial charge in [0.05, 0.1) is 0 Å². The standard InChI is InChI=1S/C75H134O6/c1-4-7-10-13-16-19-22-24-26-28-30-32-34-36-37-38-39-40-42-43-45-47-49-51-53-56-59-62-65-68-74(77)80-71-72(70-79-73(76)67-64-61-58-55-21-18-15-12-9-6-3)81-75(78)69-66-63-60-57-54-52-50-48-46-44-41-35-33-31-29-27-25-23-20-17-14-11-8-5-2/h7,10,12,15-16,19,24,26,30,32,36-37,72H,4-6,8-9,11,13-14,17-18,20-23,25,27-29,31,33-35,38-71H2,1-3H3/b10-7-,15-12-,19-16-,26-24-,32-30-,37-36-. The lowest BCUT2D eigenvalue weighted by Crippen LogP contribution is -2.30. The fraction of sp³-hybridized carbons (Fsp3) is 0.800. The fourth-order valence-corrected chi connectivity index (χ4v) is 10.4. The number of ether oxygens (including phenoxy) is 3. The molecule has 470 valence electrons. The van der Waals surface area contributed by atoms with E-state index in [0.29, 0.717) is 19.3 Å². The van der Waals surface area contributed by atoms with Crippen molar-refractivity contribution in [3.8, 4) is 0 Å². The molecule has 0 spiro atoms. The summed E-state index contributed by atoms with van der Waals surface area (Å²) in [5.41, 5.74) is 0. The van der Waals surface area contributed by atoms with Crippen LogP contribution in [0.2, 0.25) is 0 Å². The topological polar surface area (TPSA) is 78.9 Å². The SMILES string of the molecule is CC/C=C\C/C=C\C/C=C\C/C=C\C/C=C\CCCCCCCCCCCCCCCC(=O)OCC(COC(=O)CCCCCCC/C=C\CCC)OC(=O)CCCCCCCCCCCCCCCCCCCCCCCCCC. The van der Waals surface area contributed by atoms with Gasteiger partial charge in [-0.15, -0.1) is 0 Å². The number of carbonyl (C=O) groups excluding carboxylic acids is 3. The van der Waals surface area contributed by atoms with E-state index in [4.69, 9.17) is 14.2 Å². The molecule has 1 unspecified atom stereocenters. The molecule has 0 radical (unpaired) electrons. The molecule has 0 rings (SSSR count). The number of allylic oxidation sites excluding steroid dienone is 12. The summed E-state index contributed by atoms with van der Waals surface area (Å²) in [6, 6.07) is 0. The molecular formula is C75H134O6. The lowest BCUT2D eigenvalue weighted by atomic mass is 10.0. The van der Waals surface area contributed by atoms with Gasteiger partial charge in [-0.2, -0.15) is 0 Å². The van der Waals surface area contributed by atoms with Crippen LogP contribution in [0.1, 0.15) is 367 Å². The van der Waals surface area contributed by atoms with E-state index in [1.165, 1.54) is 225 Å². The smallest absolute Gasteiger partial charge is 0.306 e. The average Bonchev–Trinajstić information content (AvgIpc) is 3.47. The van der Waals surface area contributed by atoms with Gasteiger partial charge in [0, 0.05) is 19.3 Å². The van der Waals surface area contributed by atoms with E-state index >= 15 is 0 Å². The Morgan fingerprint density at radius 1 is 0.259 bits per heavy atom. The summed E-state index contributed by atoms with van der Waals surface area (Å²) in [5.74, 6) is -0.865. The van der Waals surface area contributed by atoms with Crippen molar-refractivity contribution >= 4 is 17.9 Å². The van der Waals surface area contributed by atoms with E-state index in [9.17, 15) is 14.4 Å². The Bertz CT molecular complexity index is 1490. The second kappa shape index (κ2) is 69.3. The molecule has 81 heavy (non-hydrogen) atoms. The van der Waals surface area contributed by atoms with E-state index in [1.54, 1.807) is 0 Å².